The molecular weight excluding hydrogens is 326 g/mol. The number of anilines is 3. The third-order valence-corrected chi connectivity index (χ3v) is 4.58. The van der Waals surface area contributed by atoms with Crippen LogP contribution in [-0.4, -0.2) is 32.8 Å². The molecule has 0 bridgehead atoms. The SMILES string of the molecule is Cn1nccc1Nc1nccc(-c2ccc(N3CCCC3)c(C#N)c2)n1. The minimum Gasteiger partial charge on any atom is -0.370 e. The highest BCUT2D eigenvalue weighted by Crippen LogP contribution is 2.29. The van der Waals surface area contributed by atoms with E-state index in [0.29, 0.717) is 11.5 Å². The van der Waals surface area contributed by atoms with E-state index in [2.05, 4.69) is 31.4 Å². The summed E-state index contributed by atoms with van der Waals surface area (Å²) in [5.41, 5.74) is 3.37. The maximum absolute atomic E-state index is 9.57. The van der Waals surface area contributed by atoms with Gasteiger partial charge in [-0.1, -0.05) is 6.07 Å². The lowest BCUT2D eigenvalue weighted by Crippen LogP contribution is -2.18. The van der Waals surface area contributed by atoms with Gasteiger partial charge in [0.25, 0.3) is 0 Å². The summed E-state index contributed by atoms with van der Waals surface area (Å²) in [6.07, 6.45) is 5.78. The monoisotopic (exact) mass is 345 g/mol. The van der Waals surface area contributed by atoms with Crippen molar-refractivity contribution in [3.8, 4) is 17.3 Å². The minimum atomic E-state index is 0.494. The van der Waals surface area contributed by atoms with Crippen molar-refractivity contribution in [3.63, 3.8) is 0 Å². The van der Waals surface area contributed by atoms with E-state index in [-0.39, 0.29) is 0 Å². The van der Waals surface area contributed by atoms with Gasteiger partial charge >= 0.3 is 0 Å². The van der Waals surface area contributed by atoms with Gasteiger partial charge in [0.15, 0.2) is 0 Å². The normalized spacial score (nSPS) is 13.6. The standard InChI is InChI=1S/C19H19N7/c1-25-18(7-9-22-25)24-19-21-8-6-16(23-19)14-4-5-17(15(12-14)13-20)26-10-2-3-11-26/h4-9,12H,2-3,10-11H2,1H3,(H,21,23,24). The Hall–Kier alpha value is -3.40. The number of benzene rings is 1. The molecule has 0 spiro atoms. The van der Waals surface area contributed by atoms with E-state index in [4.69, 9.17) is 0 Å². The van der Waals surface area contributed by atoms with E-state index in [0.717, 1.165) is 35.9 Å². The molecule has 0 amide bonds. The van der Waals surface area contributed by atoms with Crippen LogP contribution in [0.4, 0.5) is 17.5 Å². The first-order valence-electron chi connectivity index (χ1n) is 8.62. The summed E-state index contributed by atoms with van der Waals surface area (Å²) in [5, 5.41) is 16.8. The highest BCUT2D eigenvalue weighted by Gasteiger charge is 2.16. The number of rotatable bonds is 4. The van der Waals surface area contributed by atoms with Crippen LogP contribution in [0.25, 0.3) is 11.3 Å². The Morgan fingerprint density at radius 2 is 1.96 bits per heavy atom. The van der Waals surface area contributed by atoms with Gasteiger partial charge in [0.1, 0.15) is 11.9 Å². The van der Waals surface area contributed by atoms with E-state index < -0.39 is 0 Å². The van der Waals surface area contributed by atoms with Gasteiger partial charge in [-0.25, -0.2) is 9.97 Å². The van der Waals surface area contributed by atoms with Crippen molar-refractivity contribution in [2.75, 3.05) is 23.3 Å². The number of aromatic nitrogens is 4. The van der Waals surface area contributed by atoms with E-state index in [9.17, 15) is 5.26 Å². The van der Waals surface area contributed by atoms with Crippen LogP contribution < -0.4 is 10.2 Å². The maximum atomic E-state index is 9.57. The van der Waals surface area contributed by atoms with Crippen molar-refractivity contribution in [2.45, 2.75) is 12.8 Å². The number of aryl methyl sites for hydroxylation is 1. The lowest BCUT2D eigenvalue weighted by atomic mass is 10.1. The van der Waals surface area contributed by atoms with E-state index in [1.165, 1.54) is 12.8 Å². The minimum absolute atomic E-state index is 0.494. The first-order chi connectivity index (χ1) is 12.7. The Labute approximate surface area is 151 Å². The van der Waals surface area contributed by atoms with Crippen LogP contribution in [0.5, 0.6) is 0 Å². The second-order valence-electron chi connectivity index (χ2n) is 6.27. The Morgan fingerprint density at radius 1 is 1.12 bits per heavy atom. The highest BCUT2D eigenvalue weighted by atomic mass is 15.3. The van der Waals surface area contributed by atoms with Crippen molar-refractivity contribution in [1.82, 2.24) is 19.7 Å². The highest BCUT2D eigenvalue weighted by molar-refractivity contribution is 5.70. The van der Waals surface area contributed by atoms with Crippen LogP contribution in [-0.2, 0) is 7.05 Å². The van der Waals surface area contributed by atoms with E-state index in [1.54, 1.807) is 17.1 Å². The second kappa shape index (κ2) is 6.84. The molecule has 1 aliphatic rings. The summed E-state index contributed by atoms with van der Waals surface area (Å²) in [4.78, 5) is 11.1. The van der Waals surface area contributed by atoms with E-state index >= 15 is 0 Å². The molecule has 0 aliphatic carbocycles. The molecule has 2 aromatic heterocycles. The molecule has 130 valence electrons. The third kappa shape index (κ3) is 3.09. The largest absolute Gasteiger partial charge is 0.370 e. The molecule has 1 fully saturated rings. The maximum Gasteiger partial charge on any atom is 0.228 e. The third-order valence-electron chi connectivity index (χ3n) is 4.58. The fourth-order valence-electron chi connectivity index (χ4n) is 3.21. The average Bonchev–Trinajstić information content (AvgIpc) is 3.34. The van der Waals surface area contributed by atoms with Crippen LogP contribution in [0.3, 0.4) is 0 Å². The molecular formula is C19H19N7. The molecule has 1 aromatic carbocycles. The predicted octanol–water partition coefficient (Wildman–Crippen LogP) is 3.09. The molecule has 3 aromatic rings. The zero-order chi connectivity index (χ0) is 17.9. The molecule has 0 atom stereocenters. The molecule has 1 N–H and O–H groups in total. The van der Waals surface area contributed by atoms with Gasteiger partial charge in [-0.3, -0.25) is 4.68 Å². The smallest absolute Gasteiger partial charge is 0.228 e. The van der Waals surface area contributed by atoms with Gasteiger partial charge in [0.2, 0.25) is 5.95 Å². The van der Waals surface area contributed by atoms with Crippen molar-refractivity contribution >= 4 is 17.5 Å². The summed E-state index contributed by atoms with van der Waals surface area (Å²) in [5.74, 6) is 1.30. The van der Waals surface area contributed by atoms with Crippen LogP contribution >= 0.6 is 0 Å². The Morgan fingerprint density at radius 3 is 2.69 bits per heavy atom. The van der Waals surface area contributed by atoms with Crippen LogP contribution in [0.2, 0.25) is 0 Å². The van der Waals surface area contributed by atoms with Gasteiger partial charge < -0.3 is 10.2 Å². The summed E-state index contributed by atoms with van der Waals surface area (Å²) in [6, 6.07) is 12.0. The average molecular weight is 345 g/mol. The summed E-state index contributed by atoms with van der Waals surface area (Å²) >= 11 is 0. The number of nitrogens with zero attached hydrogens (tertiary/aromatic N) is 6. The van der Waals surface area contributed by atoms with Crippen molar-refractivity contribution < 1.29 is 0 Å². The van der Waals surface area contributed by atoms with Crippen molar-refractivity contribution in [3.05, 3.63) is 48.3 Å². The van der Waals surface area contributed by atoms with Crippen molar-refractivity contribution in [1.29, 1.82) is 5.26 Å². The molecule has 4 rings (SSSR count). The Kier molecular flexibility index (Phi) is 4.23. The molecule has 3 heterocycles. The zero-order valence-electron chi connectivity index (χ0n) is 14.6. The van der Waals surface area contributed by atoms with Crippen LogP contribution in [0.1, 0.15) is 18.4 Å². The Bertz CT molecular complexity index is 964. The second-order valence-corrected chi connectivity index (χ2v) is 6.27. The number of nitrogens with one attached hydrogen (secondary N) is 1. The van der Waals surface area contributed by atoms with Crippen LogP contribution in [0, 0.1) is 11.3 Å². The zero-order valence-corrected chi connectivity index (χ0v) is 14.6. The Balaban J connectivity index is 1.64. The summed E-state index contributed by atoms with van der Waals surface area (Å²) in [7, 11) is 1.85. The molecule has 1 saturated heterocycles. The molecule has 26 heavy (non-hydrogen) atoms. The van der Waals surface area contributed by atoms with Gasteiger partial charge in [-0.15, -0.1) is 0 Å². The number of nitriles is 1. The molecule has 0 unspecified atom stereocenters. The topological polar surface area (TPSA) is 82.7 Å². The fourth-order valence-corrected chi connectivity index (χ4v) is 3.21. The summed E-state index contributed by atoms with van der Waals surface area (Å²) < 4.78 is 1.72. The number of hydrogen-bond acceptors (Lipinski definition) is 6. The summed E-state index contributed by atoms with van der Waals surface area (Å²) in [6.45, 7) is 2.03. The fraction of sp³-hybridized carbons (Fsp3) is 0.263. The first kappa shape index (κ1) is 16.1. The van der Waals surface area contributed by atoms with Gasteiger partial charge in [-0.2, -0.15) is 10.4 Å². The molecule has 7 heteroatoms. The quantitative estimate of drug-likeness (QED) is 0.782. The van der Waals surface area contributed by atoms with Gasteiger partial charge in [-0.05, 0) is 31.0 Å². The van der Waals surface area contributed by atoms with Crippen molar-refractivity contribution in [2.24, 2.45) is 7.05 Å². The lowest BCUT2D eigenvalue weighted by molar-refractivity contribution is 0.775. The predicted molar refractivity (Wildman–Crippen MR) is 100 cm³/mol. The molecule has 0 saturated carbocycles. The molecule has 0 radical (unpaired) electrons. The first-order valence-corrected chi connectivity index (χ1v) is 8.62. The van der Waals surface area contributed by atoms with Gasteiger partial charge in [0, 0.05) is 38.0 Å². The molecule has 1 aliphatic heterocycles. The number of hydrogen-bond donors (Lipinski definition) is 1. The molecule has 7 nitrogen and oxygen atoms in total. The van der Waals surface area contributed by atoms with Gasteiger partial charge in [0.05, 0.1) is 23.1 Å². The van der Waals surface area contributed by atoms with E-state index in [1.807, 2.05) is 37.4 Å². The lowest BCUT2D eigenvalue weighted by Gasteiger charge is -2.19. The van der Waals surface area contributed by atoms with Crippen LogP contribution in [0.15, 0.2) is 42.7 Å².